The molecule has 1 aliphatic heterocycles. The smallest absolute Gasteiger partial charge is 0.246 e. The summed E-state index contributed by atoms with van der Waals surface area (Å²) in [6.45, 7) is 0. The van der Waals surface area contributed by atoms with Gasteiger partial charge in [-0.25, -0.2) is 0 Å². The molecule has 0 bridgehead atoms. The standard InChI is InChI=1S/C12H14N2O2/c1-16-8-4-5-10-9(6-8)11(12(15)14-10)13-7-2-3-7/h4-7,11,13H,2-3H2,1H3,(H,14,15). The van der Waals surface area contributed by atoms with Gasteiger partial charge in [0.1, 0.15) is 11.8 Å². The number of rotatable bonds is 3. The molecule has 4 heteroatoms. The third kappa shape index (κ3) is 1.55. The first kappa shape index (κ1) is 9.66. The Hall–Kier alpha value is -1.55. The quantitative estimate of drug-likeness (QED) is 0.807. The summed E-state index contributed by atoms with van der Waals surface area (Å²) in [6, 6.07) is 5.97. The lowest BCUT2D eigenvalue weighted by atomic mass is 10.1. The van der Waals surface area contributed by atoms with Crippen LogP contribution >= 0.6 is 0 Å². The summed E-state index contributed by atoms with van der Waals surface area (Å²) >= 11 is 0. The Kier molecular flexibility index (Phi) is 2.11. The van der Waals surface area contributed by atoms with Crippen LogP contribution in [0.15, 0.2) is 18.2 Å². The van der Waals surface area contributed by atoms with Crippen molar-refractivity contribution >= 4 is 11.6 Å². The zero-order valence-corrected chi connectivity index (χ0v) is 9.12. The molecule has 1 heterocycles. The Morgan fingerprint density at radius 2 is 2.25 bits per heavy atom. The summed E-state index contributed by atoms with van der Waals surface area (Å²) < 4.78 is 5.18. The molecule has 0 spiro atoms. The van der Waals surface area contributed by atoms with Crippen LogP contribution in [-0.2, 0) is 4.79 Å². The molecule has 1 atom stereocenters. The predicted octanol–water partition coefficient (Wildman–Crippen LogP) is 1.44. The fraction of sp³-hybridized carbons (Fsp3) is 0.417. The van der Waals surface area contributed by atoms with Crippen molar-refractivity contribution in [3.63, 3.8) is 0 Å². The maximum absolute atomic E-state index is 11.8. The number of methoxy groups -OCH3 is 1. The number of fused-ring (bicyclic) bond motifs is 1. The van der Waals surface area contributed by atoms with E-state index in [1.54, 1.807) is 7.11 Å². The van der Waals surface area contributed by atoms with Crippen molar-refractivity contribution in [1.82, 2.24) is 5.32 Å². The van der Waals surface area contributed by atoms with E-state index in [0.29, 0.717) is 6.04 Å². The average Bonchev–Trinajstić information content (AvgIpc) is 3.05. The summed E-state index contributed by atoms with van der Waals surface area (Å²) in [7, 11) is 1.63. The van der Waals surface area contributed by atoms with Crippen LogP contribution in [-0.4, -0.2) is 19.1 Å². The van der Waals surface area contributed by atoms with Crippen LogP contribution in [0.5, 0.6) is 5.75 Å². The monoisotopic (exact) mass is 218 g/mol. The number of anilines is 1. The fourth-order valence-electron chi connectivity index (χ4n) is 2.02. The topological polar surface area (TPSA) is 50.4 Å². The number of amides is 1. The van der Waals surface area contributed by atoms with Crippen molar-refractivity contribution in [1.29, 1.82) is 0 Å². The van der Waals surface area contributed by atoms with Crippen LogP contribution in [0.3, 0.4) is 0 Å². The molecule has 1 aromatic rings. The highest BCUT2D eigenvalue weighted by molar-refractivity contribution is 6.02. The largest absolute Gasteiger partial charge is 0.497 e. The Bertz CT molecular complexity index is 441. The summed E-state index contributed by atoms with van der Waals surface area (Å²) in [4.78, 5) is 11.8. The summed E-state index contributed by atoms with van der Waals surface area (Å²) in [5.74, 6) is 0.827. The molecule has 0 radical (unpaired) electrons. The molecule has 16 heavy (non-hydrogen) atoms. The van der Waals surface area contributed by atoms with Gasteiger partial charge in [0.05, 0.1) is 7.11 Å². The molecular formula is C12H14N2O2. The molecule has 84 valence electrons. The maximum Gasteiger partial charge on any atom is 0.246 e. The van der Waals surface area contributed by atoms with E-state index < -0.39 is 0 Å². The van der Waals surface area contributed by atoms with Crippen molar-refractivity contribution in [3.8, 4) is 5.75 Å². The molecule has 1 aromatic carbocycles. The van der Waals surface area contributed by atoms with Gasteiger partial charge in [-0.1, -0.05) is 0 Å². The average molecular weight is 218 g/mol. The summed E-state index contributed by atoms with van der Waals surface area (Å²) in [5, 5.41) is 6.22. The first-order chi connectivity index (χ1) is 7.78. The number of carbonyl (C=O) groups excluding carboxylic acids is 1. The van der Waals surface area contributed by atoms with Gasteiger partial charge in [0.25, 0.3) is 0 Å². The van der Waals surface area contributed by atoms with E-state index in [-0.39, 0.29) is 11.9 Å². The van der Waals surface area contributed by atoms with E-state index in [1.165, 1.54) is 12.8 Å². The van der Waals surface area contributed by atoms with E-state index >= 15 is 0 Å². The Morgan fingerprint density at radius 1 is 1.44 bits per heavy atom. The van der Waals surface area contributed by atoms with Gasteiger partial charge in [-0.15, -0.1) is 0 Å². The van der Waals surface area contributed by atoms with Gasteiger partial charge < -0.3 is 10.1 Å². The second kappa shape index (κ2) is 3.49. The molecular weight excluding hydrogens is 204 g/mol. The third-order valence-electron chi connectivity index (χ3n) is 3.07. The van der Waals surface area contributed by atoms with Gasteiger partial charge in [-0.3, -0.25) is 10.1 Å². The van der Waals surface area contributed by atoms with Crippen molar-refractivity contribution in [3.05, 3.63) is 23.8 Å². The van der Waals surface area contributed by atoms with Gasteiger partial charge in [-0.2, -0.15) is 0 Å². The van der Waals surface area contributed by atoms with Crippen LogP contribution in [0, 0.1) is 0 Å². The van der Waals surface area contributed by atoms with Gasteiger partial charge in [0.15, 0.2) is 0 Å². The van der Waals surface area contributed by atoms with Gasteiger partial charge >= 0.3 is 0 Å². The predicted molar refractivity (Wildman–Crippen MR) is 60.5 cm³/mol. The molecule has 1 fully saturated rings. The summed E-state index contributed by atoms with van der Waals surface area (Å²) in [5.41, 5.74) is 1.89. The van der Waals surface area contributed by atoms with Crippen LogP contribution in [0.1, 0.15) is 24.4 Å². The third-order valence-corrected chi connectivity index (χ3v) is 3.07. The van der Waals surface area contributed by atoms with E-state index in [9.17, 15) is 4.79 Å². The number of ether oxygens (including phenoxy) is 1. The minimum absolute atomic E-state index is 0.0372. The minimum Gasteiger partial charge on any atom is -0.497 e. The molecule has 0 saturated heterocycles. The van der Waals surface area contributed by atoms with E-state index in [4.69, 9.17) is 4.74 Å². The molecule has 4 nitrogen and oxygen atoms in total. The van der Waals surface area contributed by atoms with Crippen molar-refractivity contribution in [2.45, 2.75) is 24.9 Å². The van der Waals surface area contributed by atoms with Gasteiger partial charge in [0.2, 0.25) is 5.91 Å². The molecule has 1 saturated carbocycles. The number of carbonyl (C=O) groups is 1. The Labute approximate surface area is 94.0 Å². The Morgan fingerprint density at radius 3 is 2.94 bits per heavy atom. The highest BCUT2D eigenvalue weighted by Crippen LogP contribution is 2.35. The molecule has 1 amide bonds. The molecule has 3 rings (SSSR count). The zero-order chi connectivity index (χ0) is 11.1. The number of hydrogen-bond acceptors (Lipinski definition) is 3. The summed E-state index contributed by atoms with van der Waals surface area (Å²) in [6.07, 6.45) is 2.34. The molecule has 2 N–H and O–H groups in total. The van der Waals surface area contributed by atoms with Crippen LogP contribution in [0.25, 0.3) is 0 Å². The normalized spacial score (nSPS) is 22.8. The van der Waals surface area contributed by atoms with Gasteiger partial charge in [-0.05, 0) is 31.0 Å². The molecule has 1 unspecified atom stereocenters. The van der Waals surface area contributed by atoms with E-state index in [1.807, 2.05) is 18.2 Å². The van der Waals surface area contributed by atoms with Gasteiger partial charge in [0, 0.05) is 17.3 Å². The first-order valence-electron chi connectivity index (χ1n) is 5.53. The highest BCUT2D eigenvalue weighted by Gasteiger charge is 2.35. The fourth-order valence-corrected chi connectivity index (χ4v) is 2.02. The van der Waals surface area contributed by atoms with Crippen LogP contribution in [0.4, 0.5) is 5.69 Å². The first-order valence-corrected chi connectivity index (χ1v) is 5.53. The lowest BCUT2D eigenvalue weighted by Crippen LogP contribution is -2.29. The molecule has 2 aliphatic rings. The van der Waals surface area contributed by atoms with Crippen molar-refractivity contribution in [2.24, 2.45) is 0 Å². The minimum atomic E-state index is -0.211. The van der Waals surface area contributed by atoms with Crippen molar-refractivity contribution in [2.75, 3.05) is 12.4 Å². The number of nitrogens with one attached hydrogen (secondary N) is 2. The van der Waals surface area contributed by atoms with Crippen LogP contribution < -0.4 is 15.4 Å². The van der Waals surface area contributed by atoms with E-state index in [2.05, 4.69) is 10.6 Å². The second-order valence-electron chi connectivity index (χ2n) is 4.32. The molecule has 1 aliphatic carbocycles. The SMILES string of the molecule is COc1ccc2c(c1)C(NC1CC1)C(=O)N2. The lowest BCUT2D eigenvalue weighted by Gasteiger charge is -2.10. The van der Waals surface area contributed by atoms with Crippen LogP contribution in [0.2, 0.25) is 0 Å². The lowest BCUT2D eigenvalue weighted by molar-refractivity contribution is -0.117. The van der Waals surface area contributed by atoms with E-state index in [0.717, 1.165) is 17.0 Å². The maximum atomic E-state index is 11.8. The second-order valence-corrected chi connectivity index (χ2v) is 4.32. The van der Waals surface area contributed by atoms with Crippen molar-refractivity contribution < 1.29 is 9.53 Å². The zero-order valence-electron chi connectivity index (χ0n) is 9.12. The highest BCUT2D eigenvalue weighted by atomic mass is 16.5. The number of hydrogen-bond donors (Lipinski definition) is 2. The Balaban J connectivity index is 1.93. The molecule has 0 aromatic heterocycles. The number of benzene rings is 1.